The number of nitrogens with zero attached hydrogens (tertiary/aromatic N) is 2. The van der Waals surface area contributed by atoms with Gasteiger partial charge in [0.25, 0.3) is 0 Å². The van der Waals surface area contributed by atoms with Crippen molar-refractivity contribution in [3.63, 3.8) is 0 Å². The number of carbonyl (C=O) groups is 1. The quantitative estimate of drug-likeness (QED) is 0.649. The van der Waals surface area contributed by atoms with Crippen molar-refractivity contribution < 1.29 is 13.9 Å². The summed E-state index contributed by atoms with van der Waals surface area (Å²) in [7, 11) is 1.56. The topological polar surface area (TPSA) is 54.5 Å². The molecular weight excluding hydrogens is 401 g/mol. The summed E-state index contributed by atoms with van der Waals surface area (Å²) in [5, 5.41) is 4.34. The van der Waals surface area contributed by atoms with E-state index in [-0.39, 0.29) is 17.6 Å². The lowest BCUT2D eigenvalue weighted by molar-refractivity contribution is -0.120. The molecule has 2 aromatic carbocycles. The summed E-state index contributed by atoms with van der Waals surface area (Å²) in [5.41, 5.74) is 1.38. The van der Waals surface area contributed by atoms with Gasteiger partial charge in [0.2, 0.25) is 5.91 Å². The average Bonchev–Trinajstić information content (AvgIpc) is 3.11. The molecule has 1 N–H and O–H groups in total. The van der Waals surface area contributed by atoms with Crippen LogP contribution in [0.15, 0.2) is 36.4 Å². The number of amides is 1. The zero-order valence-corrected chi connectivity index (χ0v) is 16.8. The van der Waals surface area contributed by atoms with Gasteiger partial charge >= 0.3 is 0 Å². The van der Waals surface area contributed by atoms with Crippen molar-refractivity contribution in [3.8, 4) is 5.75 Å². The molecule has 0 aliphatic carbocycles. The molecule has 28 heavy (non-hydrogen) atoms. The molecule has 146 valence electrons. The molecule has 0 atom stereocenters. The van der Waals surface area contributed by atoms with E-state index in [4.69, 9.17) is 16.3 Å². The number of thiazole rings is 1. The fraction of sp³-hybridized carbons (Fsp3) is 0.300. The highest BCUT2D eigenvalue weighted by Gasteiger charge is 2.27. The number of aromatic nitrogens is 1. The third kappa shape index (κ3) is 3.91. The number of piperidine rings is 1. The van der Waals surface area contributed by atoms with Gasteiger partial charge in [-0.1, -0.05) is 22.9 Å². The van der Waals surface area contributed by atoms with Gasteiger partial charge in [-0.15, -0.1) is 0 Å². The fourth-order valence-corrected chi connectivity index (χ4v) is 4.58. The second-order valence-electron chi connectivity index (χ2n) is 6.70. The van der Waals surface area contributed by atoms with Gasteiger partial charge in [-0.3, -0.25) is 4.79 Å². The molecule has 0 unspecified atom stereocenters. The van der Waals surface area contributed by atoms with Gasteiger partial charge in [-0.05, 0) is 49.2 Å². The zero-order chi connectivity index (χ0) is 19.7. The first-order chi connectivity index (χ1) is 13.5. The van der Waals surface area contributed by atoms with Gasteiger partial charge in [0.1, 0.15) is 11.6 Å². The predicted molar refractivity (Wildman–Crippen MR) is 111 cm³/mol. The Morgan fingerprint density at radius 1 is 1.29 bits per heavy atom. The second-order valence-corrected chi connectivity index (χ2v) is 8.15. The largest absolute Gasteiger partial charge is 0.495 e. The number of hydrogen-bond acceptors (Lipinski definition) is 5. The average molecular weight is 420 g/mol. The highest BCUT2D eigenvalue weighted by atomic mass is 35.5. The Bertz CT molecular complexity index is 1020. The number of halogens is 2. The standard InChI is InChI=1S/C20H19ClFN3O2S/c1-27-17-5-2-13(21)10-16(17)23-19(26)12-6-8-25(9-7-12)20-24-15-4-3-14(22)11-18(15)28-20/h2-5,10-12H,6-9H2,1H3,(H,23,26). The van der Waals surface area contributed by atoms with Gasteiger partial charge < -0.3 is 15.0 Å². The number of benzene rings is 2. The minimum atomic E-state index is -0.255. The molecule has 8 heteroatoms. The first kappa shape index (κ1) is 19.0. The SMILES string of the molecule is COc1ccc(Cl)cc1NC(=O)C1CCN(c2nc3ccc(F)cc3s2)CC1. The van der Waals surface area contributed by atoms with Crippen molar-refractivity contribution in [3.05, 3.63) is 47.2 Å². The van der Waals surface area contributed by atoms with Crippen molar-refractivity contribution in [2.24, 2.45) is 5.92 Å². The minimum Gasteiger partial charge on any atom is -0.495 e. The van der Waals surface area contributed by atoms with E-state index < -0.39 is 0 Å². The maximum absolute atomic E-state index is 13.4. The van der Waals surface area contributed by atoms with Crippen LogP contribution in [0.25, 0.3) is 10.2 Å². The lowest BCUT2D eigenvalue weighted by Gasteiger charge is -2.31. The zero-order valence-electron chi connectivity index (χ0n) is 15.2. The highest BCUT2D eigenvalue weighted by Crippen LogP contribution is 2.33. The van der Waals surface area contributed by atoms with Crippen LogP contribution in [-0.2, 0) is 4.79 Å². The van der Waals surface area contributed by atoms with Crippen LogP contribution in [0, 0.1) is 11.7 Å². The van der Waals surface area contributed by atoms with E-state index in [1.54, 1.807) is 31.4 Å². The lowest BCUT2D eigenvalue weighted by Crippen LogP contribution is -2.38. The van der Waals surface area contributed by atoms with Crippen LogP contribution in [0.2, 0.25) is 5.02 Å². The van der Waals surface area contributed by atoms with Crippen LogP contribution >= 0.6 is 22.9 Å². The van der Waals surface area contributed by atoms with Crippen LogP contribution in [0.4, 0.5) is 15.2 Å². The molecular formula is C20H19ClFN3O2S. The number of methoxy groups -OCH3 is 1. The van der Waals surface area contributed by atoms with Crippen LogP contribution in [0.3, 0.4) is 0 Å². The molecule has 0 spiro atoms. The lowest BCUT2D eigenvalue weighted by atomic mass is 9.96. The molecule has 1 aliphatic rings. The van der Waals surface area contributed by atoms with Crippen molar-refractivity contribution in [2.45, 2.75) is 12.8 Å². The fourth-order valence-electron chi connectivity index (χ4n) is 3.37. The summed E-state index contributed by atoms with van der Waals surface area (Å²) in [6, 6.07) is 9.77. The van der Waals surface area contributed by atoms with Crippen molar-refractivity contribution in [1.82, 2.24) is 4.98 Å². The van der Waals surface area contributed by atoms with Gasteiger partial charge in [0.15, 0.2) is 5.13 Å². The van der Waals surface area contributed by atoms with Crippen molar-refractivity contribution in [1.29, 1.82) is 0 Å². The number of rotatable bonds is 4. The third-order valence-corrected chi connectivity index (χ3v) is 6.21. The van der Waals surface area contributed by atoms with E-state index in [0.29, 0.717) is 16.5 Å². The molecule has 1 saturated heterocycles. The molecule has 1 fully saturated rings. The van der Waals surface area contributed by atoms with E-state index in [0.717, 1.165) is 41.3 Å². The number of ether oxygens (including phenoxy) is 1. The molecule has 0 saturated carbocycles. The highest BCUT2D eigenvalue weighted by molar-refractivity contribution is 7.22. The second kappa shape index (κ2) is 7.93. The summed E-state index contributed by atoms with van der Waals surface area (Å²) in [6.45, 7) is 1.46. The summed E-state index contributed by atoms with van der Waals surface area (Å²) in [6.07, 6.45) is 1.44. The van der Waals surface area contributed by atoms with Crippen molar-refractivity contribution >= 4 is 49.9 Å². The third-order valence-electron chi connectivity index (χ3n) is 4.89. The van der Waals surface area contributed by atoms with Crippen LogP contribution < -0.4 is 15.0 Å². The van der Waals surface area contributed by atoms with Gasteiger partial charge in [0.05, 0.1) is 23.0 Å². The Hall–Kier alpha value is -2.38. The van der Waals surface area contributed by atoms with E-state index in [2.05, 4.69) is 15.2 Å². The van der Waals surface area contributed by atoms with Crippen molar-refractivity contribution in [2.75, 3.05) is 30.4 Å². The number of carbonyl (C=O) groups excluding carboxylic acids is 1. The molecule has 0 radical (unpaired) electrons. The molecule has 4 rings (SSSR count). The van der Waals surface area contributed by atoms with E-state index >= 15 is 0 Å². The van der Waals surface area contributed by atoms with Crippen LogP contribution in [0.5, 0.6) is 5.75 Å². The Morgan fingerprint density at radius 3 is 2.82 bits per heavy atom. The summed E-state index contributed by atoms with van der Waals surface area (Å²) in [4.78, 5) is 19.4. The van der Waals surface area contributed by atoms with Gasteiger partial charge in [-0.2, -0.15) is 0 Å². The molecule has 0 bridgehead atoms. The Labute approximate surface area is 171 Å². The summed E-state index contributed by atoms with van der Waals surface area (Å²) < 4.78 is 19.5. The number of fused-ring (bicyclic) bond motifs is 1. The monoisotopic (exact) mass is 419 g/mol. The normalized spacial score (nSPS) is 15.0. The number of hydrogen-bond donors (Lipinski definition) is 1. The Morgan fingerprint density at radius 2 is 2.07 bits per heavy atom. The maximum Gasteiger partial charge on any atom is 0.227 e. The Kier molecular flexibility index (Phi) is 5.37. The minimum absolute atomic E-state index is 0.0356. The van der Waals surface area contributed by atoms with E-state index in [1.807, 2.05) is 0 Å². The van der Waals surface area contributed by atoms with Gasteiger partial charge in [-0.25, -0.2) is 9.37 Å². The molecule has 1 aromatic heterocycles. The predicted octanol–water partition coefficient (Wildman–Crippen LogP) is 4.95. The molecule has 5 nitrogen and oxygen atoms in total. The first-order valence-electron chi connectivity index (χ1n) is 8.99. The number of nitrogens with one attached hydrogen (secondary N) is 1. The number of anilines is 2. The van der Waals surface area contributed by atoms with Crippen LogP contribution in [0.1, 0.15) is 12.8 Å². The molecule has 3 aromatic rings. The Balaban J connectivity index is 1.40. The van der Waals surface area contributed by atoms with Crippen LogP contribution in [-0.4, -0.2) is 31.1 Å². The summed E-state index contributed by atoms with van der Waals surface area (Å²) >= 11 is 7.51. The molecule has 1 amide bonds. The smallest absolute Gasteiger partial charge is 0.227 e. The molecule has 1 aliphatic heterocycles. The van der Waals surface area contributed by atoms with E-state index in [1.165, 1.54) is 23.5 Å². The molecule has 2 heterocycles. The summed E-state index contributed by atoms with van der Waals surface area (Å²) in [5.74, 6) is 0.199. The maximum atomic E-state index is 13.4. The van der Waals surface area contributed by atoms with E-state index in [9.17, 15) is 9.18 Å². The van der Waals surface area contributed by atoms with Gasteiger partial charge in [0, 0.05) is 24.0 Å². The first-order valence-corrected chi connectivity index (χ1v) is 10.2.